The van der Waals surface area contributed by atoms with Gasteiger partial charge in [-0.3, -0.25) is 4.79 Å². The number of carbonyl (C=O) groups is 1. The molecule has 0 bridgehead atoms. The van der Waals surface area contributed by atoms with Crippen LogP contribution in [0.1, 0.15) is 46.5 Å². The maximum absolute atomic E-state index is 11.9. The summed E-state index contributed by atoms with van der Waals surface area (Å²) in [7, 11) is 0. The van der Waals surface area contributed by atoms with Crippen LogP contribution in [-0.4, -0.2) is 48.1 Å². The molecule has 4 heteroatoms. The van der Waals surface area contributed by atoms with Crippen molar-refractivity contribution in [1.82, 2.24) is 15.5 Å². The highest BCUT2D eigenvalue weighted by atomic mass is 16.2. The summed E-state index contributed by atoms with van der Waals surface area (Å²) >= 11 is 0. The van der Waals surface area contributed by atoms with Gasteiger partial charge in [-0.1, -0.05) is 0 Å². The minimum atomic E-state index is -0.0784. The Balaban J connectivity index is 1.77. The quantitative estimate of drug-likeness (QED) is 0.789. The first-order valence-electron chi connectivity index (χ1n) is 7.36. The van der Waals surface area contributed by atoms with Gasteiger partial charge < -0.3 is 15.5 Å². The van der Waals surface area contributed by atoms with Crippen LogP contribution in [0, 0.1) is 0 Å². The monoisotopic (exact) mass is 253 g/mol. The molecule has 0 spiro atoms. The van der Waals surface area contributed by atoms with Crippen LogP contribution in [-0.2, 0) is 4.79 Å². The van der Waals surface area contributed by atoms with E-state index in [2.05, 4.69) is 15.5 Å². The van der Waals surface area contributed by atoms with Crippen molar-refractivity contribution in [2.75, 3.05) is 13.1 Å². The van der Waals surface area contributed by atoms with E-state index < -0.39 is 0 Å². The molecule has 2 rings (SSSR count). The number of fused-ring (bicyclic) bond motifs is 1. The molecule has 3 unspecified atom stereocenters. The molecule has 0 aromatic rings. The number of piperidine rings is 1. The second kappa shape index (κ2) is 6.02. The highest BCUT2D eigenvalue weighted by Crippen LogP contribution is 2.26. The van der Waals surface area contributed by atoms with Crippen LogP contribution in [0.5, 0.6) is 0 Å². The third-order valence-corrected chi connectivity index (χ3v) is 4.13. The second-order valence-electron chi connectivity index (χ2n) is 6.10. The van der Waals surface area contributed by atoms with E-state index in [1.165, 1.54) is 38.8 Å². The topological polar surface area (TPSA) is 44.4 Å². The Bertz CT molecular complexity index is 293. The van der Waals surface area contributed by atoms with Gasteiger partial charge in [-0.05, 0) is 59.5 Å². The van der Waals surface area contributed by atoms with Crippen LogP contribution in [0.25, 0.3) is 0 Å². The lowest BCUT2D eigenvalue weighted by Crippen LogP contribution is -2.52. The Morgan fingerprint density at radius 3 is 2.72 bits per heavy atom. The average Bonchev–Trinajstić information content (AvgIpc) is 2.75. The molecule has 4 nitrogen and oxygen atoms in total. The third kappa shape index (κ3) is 3.45. The van der Waals surface area contributed by atoms with Crippen molar-refractivity contribution in [2.45, 2.75) is 70.6 Å². The second-order valence-corrected chi connectivity index (χ2v) is 6.10. The standard InChI is InChI=1S/C14H27N3O/c1-10(2)15-14(18)11(3)16-12-6-8-17-7-4-5-13(17)9-12/h10-13,16H,4-9H2,1-3H3,(H,15,18). The summed E-state index contributed by atoms with van der Waals surface area (Å²) in [6.45, 7) is 8.45. The average molecular weight is 253 g/mol. The van der Waals surface area contributed by atoms with Crippen LogP contribution >= 0.6 is 0 Å². The Kier molecular flexibility index (Phi) is 4.62. The van der Waals surface area contributed by atoms with Gasteiger partial charge in [0.1, 0.15) is 0 Å². The highest BCUT2D eigenvalue weighted by molar-refractivity contribution is 5.81. The number of nitrogens with zero attached hydrogens (tertiary/aromatic N) is 1. The fourth-order valence-corrected chi connectivity index (χ4v) is 3.21. The highest BCUT2D eigenvalue weighted by Gasteiger charge is 2.32. The smallest absolute Gasteiger partial charge is 0.237 e. The first-order chi connectivity index (χ1) is 8.56. The van der Waals surface area contributed by atoms with Gasteiger partial charge in [0.2, 0.25) is 5.91 Å². The Morgan fingerprint density at radius 1 is 1.22 bits per heavy atom. The minimum absolute atomic E-state index is 0.0784. The van der Waals surface area contributed by atoms with Crippen molar-refractivity contribution in [3.63, 3.8) is 0 Å². The first kappa shape index (κ1) is 13.8. The molecule has 2 saturated heterocycles. The number of hydrogen-bond donors (Lipinski definition) is 2. The van der Waals surface area contributed by atoms with Gasteiger partial charge >= 0.3 is 0 Å². The summed E-state index contributed by atoms with van der Waals surface area (Å²) in [5.74, 6) is 0.124. The van der Waals surface area contributed by atoms with Crippen LogP contribution < -0.4 is 10.6 Å². The number of nitrogens with one attached hydrogen (secondary N) is 2. The lowest BCUT2D eigenvalue weighted by molar-refractivity contribution is -0.123. The van der Waals surface area contributed by atoms with Crippen molar-refractivity contribution >= 4 is 5.91 Å². The van der Waals surface area contributed by atoms with E-state index in [1.54, 1.807) is 0 Å². The van der Waals surface area contributed by atoms with E-state index in [1.807, 2.05) is 20.8 Å². The summed E-state index contributed by atoms with van der Waals surface area (Å²) in [5, 5.41) is 6.46. The minimum Gasteiger partial charge on any atom is -0.353 e. The molecule has 2 aliphatic rings. The maximum atomic E-state index is 11.9. The van der Waals surface area contributed by atoms with Gasteiger partial charge in [0.15, 0.2) is 0 Å². The van der Waals surface area contributed by atoms with Crippen molar-refractivity contribution in [1.29, 1.82) is 0 Å². The molecule has 0 aromatic heterocycles. The Hall–Kier alpha value is -0.610. The molecule has 18 heavy (non-hydrogen) atoms. The van der Waals surface area contributed by atoms with Crippen molar-refractivity contribution in [3.05, 3.63) is 0 Å². The van der Waals surface area contributed by atoms with Crippen LogP contribution in [0.4, 0.5) is 0 Å². The van der Waals surface area contributed by atoms with Crippen LogP contribution in [0.3, 0.4) is 0 Å². The molecule has 2 aliphatic heterocycles. The SMILES string of the molecule is CC(C)NC(=O)C(C)NC1CCN2CCCC2C1. The molecule has 0 aliphatic carbocycles. The molecule has 2 fully saturated rings. The molecular weight excluding hydrogens is 226 g/mol. The zero-order chi connectivity index (χ0) is 13.1. The predicted molar refractivity (Wildman–Crippen MR) is 73.5 cm³/mol. The molecule has 2 heterocycles. The summed E-state index contributed by atoms with van der Waals surface area (Å²) in [6, 6.07) is 1.41. The van der Waals surface area contributed by atoms with Crippen LogP contribution in [0.15, 0.2) is 0 Å². The number of rotatable bonds is 4. The zero-order valence-electron chi connectivity index (χ0n) is 11.9. The van der Waals surface area contributed by atoms with E-state index >= 15 is 0 Å². The van der Waals surface area contributed by atoms with Crippen molar-refractivity contribution in [3.8, 4) is 0 Å². The van der Waals surface area contributed by atoms with E-state index in [-0.39, 0.29) is 18.0 Å². The lowest BCUT2D eigenvalue weighted by Gasteiger charge is -2.36. The van der Waals surface area contributed by atoms with Gasteiger partial charge in [0.25, 0.3) is 0 Å². The van der Waals surface area contributed by atoms with Crippen molar-refractivity contribution < 1.29 is 4.79 Å². The van der Waals surface area contributed by atoms with E-state index in [0.29, 0.717) is 6.04 Å². The van der Waals surface area contributed by atoms with Gasteiger partial charge in [-0.25, -0.2) is 0 Å². The Morgan fingerprint density at radius 2 is 2.00 bits per heavy atom. The largest absolute Gasteiger partial charge is 0.353 e. The van der Waals surface area contributed by atoms with Gasteiger partial charge in [0, 0.05) is 18.1 Å². The summed E-state index contributed by atoms with van der Waals surface area (Å²) in [4.78, 5) is 14.5. The Labute approximate surface area is 110 Å². The fourth-order valence-electron chi connectivity index (χ4n) is 3.21. The number of carbonyl (C=O) groups excluding carboxylic acids is 1. The van der Waals surface area contributed by atoms with Crippen molar-refractivity contribution in [2.24, 2.45) is 0 Å². The lowest BCUT2D eigenvalue weighted by atomic mass is 9.97. The third-order valence-electron chi connectivity index (χ3n) is 4.13. The molecule has 0 aromatic carbocycles. The molecular formula is C14H27N3O. The van der Waals surface area contributed by atoms with Crippen LogP contribution in [0.2, 0.25) is 0 Å². The number of hydrogen-bond acceptors (Lipinski definition) is 3. The fraction of sp³-hybridized carbons (Fsp3) is 0.929. The zero-order valence-corrected chi connectivity index (χ0v) is 11.9. The van der Waals surface area contributed by atoms with Gasteiger partial charge in [0.05, 0.1) is 6.04 Å². The van der Waals surface area contributed by atoms with E-state index in [0.717, 1.165) is 6.04 Å². The summed E-state index contributed by atoms with van der Waals surface area (Å²) in [6.07, 6.45) is 5.07. The summed E-state index contributed by atoms with van der Waals surface area (Å²) < 4.78 is 0. The van der Waals surface area contributed by atoms with E-state index in [4.69, 9.17) is 0 Å². The summed E-state index contributed by atoms with van der Waals surface area (Å²) in [5.41, 5.74) is 0. The van der Waals surface area contributed by atoms with Gasteiger partial charge in [-0.2, -0.15) is 0 Å². The normalized spacial score (nSPS) is 30.2. The first-order valence-corrected chi connectivity index (χ1v) is 7.36. The predicted octanol–water partition coefficient (Wildman–Crippen LogP) is 1.12. The molecule has 104 valence electrons. The molecule has 0 saturated carbocycles. The van der Waals surface area contributed by atoms with E-state index in [9.17, 15) is 4.79 Å². The maximum Gasteiger partial charge on any atom is 0.237 e. The molecule has 3 atom stereocenters. The number of amides is 1. The molecule has 1 amide bonds. The molecule has 0 radical (unpaired) electrons. The van der Waals surface area contributed by atoms with Gasteiger partial charge in [-0.15, -0.1) is 0 Å². The molecule has 2 N–H and O–H groups in total.